The van der Waals surface area contributed by atoms with Crippen LogP contribution in [0, 0.1) is 17.0 Å². The third-order valence-corrected chi connectivity index (χ3v) is 7.52. The summed E-state index contributed by atoms with van der Waals surface area (Å²) in [6.45, 7) is 2.66. The van der Waals surface area contributed by atoms with Gasteiger partial charge in [-0.25, -0.2) is 13.6 Å². The molecule has 0 aromatic heterocycles. The number of amides is 2. The average Bonchev–Trinajstić information content (AvgIpc) is 3.37. The lowest BCUT2D eigenvalue weighted by Crippen LogP contribution is -2.51. The molecule has 180 valence electrons. The summed E-state index contributed by atoms with van der Waals surface area (Å²) < 4.78 is 33.4. The molecule has 2 amide bonds. The number of nitrogens with zero attached hydrogens (tertiary/aromatic N) is 3. The summed E-state index contributed by atoms with van der Waals surface area (Å²) in [7, 11) is 2.04. The Hall–Kier alpha value is -3.00. The molecule has 2 aromatic carbocycles. The van der Waals surface area contributed by atoms with Gasteiger partial charge in [-0.15, -0.1) is 0 Å². The number of ether oxygens (including phenoxy) is 1. The van der Waals surface area contributed by atoms with E-state index in [9.17, 15) is 18.4 Å². The molecule has 0 radical (unpaired) electrons. The van der Waals surface area contributed by atoms with Crippen LogP contribution in [0.3, 0.4) is 0 Å². The molecule has 0 bridgehead atoms. The predicted molar refractivity (Wildman–Crippen MR) is 123 cm³/mol. The minimum absolute atomic E-state index is 0.0435. The number of anilines is 1. The standard InChI is InChI=1S/C26H29F2N3O3/c1-29-11-8-25(9-12-29,16-19-4-2-5-20(27)14-19)23(32)30-13-10-26(17-30)18-31(24(33)34-26)22-7-3-6-21(28)15-22/h2-7,14-15H,8-13,16-18H2,1H3/t26-/m1/s1. The fraction of sp³-hybridized carbons (Fsp3) is 0.462. The maximum Gasteiger partial charge on any atom is 0.415 e. The quantitative estimate of drug-likeness (QED) is 0.683. The lowest BCUT2D eigenvalue weighted by Gasteiger charge is -2.42. The molecular weight excluding hydrogens is 440 g/mol. The Morgan fingerprint density at radius 3 is 2.38 bits per heavy atom. The molecule has 5 rings (SSSR count). The Kier molecular flexibility index (Phi) is 5.80. The number of carbonyl (C=O) groups excluding carboxylic acids is 2. The van der Waals surface area contributed by atoms with Crippen LogP contribution in [0.25, 0.3) is 0 Å². The van der Waals surface area contributed by atoms with Gasteiger partial charge in [-0.2, -0.15) is 0 Å². The molecule has 3 saturated heterocycles. The summed E-state index contributed by atoms with van der Waals surface area (Å²) in [5.74, 6) is -0.679. The van der Waals surface area contributed by atoms with E-state index in [-0.39, 0.29) is 18.3 Å². The van der Waals surface area contributed by atoms with Gasteiger partial charge in [0.05, 0.1) is 24.2 Å². The van der Waals surface area contributed by atoms with E-state index in [4.69, 9.17) is 4.74 Å². The van der Waals surface area contributed by atoms with Crippen LogP contribution in [0.1, 0.15) is 24.8 Å². The molecule has 0 unspecified atom stereocenters. The first kappa shape index (κ1) is 22.8. The van der Waals surface area contributed by atoms with Gasteiger partial charge in [0.15, 0.2) is 5.60 Å². The maximum absolute atomic E-state index is 13.9. The summed E-state index contributed by atoms with van der Waals surface area (Å²) in [6, 6.07) is 12.3. The zero-order chi connectivity index (χ0) is 23.9. The number of piperidine rings is 1. The Bertz CT molecular complexity index is 1100. The number of benzene rings is 2. The van der Waals surface area contributed by atoms with Gasteiger partial charge in [0.1, 0.15) is 11.6 Å². The van der Waals surface area contributed by atoms with E-state index in [2.05, 4.69) is 4.90 Å². The summed E-state index contributed by atoms with van der Waals surface area (Å²) in [6.07, 6.45) is 1.88. The lowest BCUT2D eigenvalue weighted by molar-refractivity contribution is -0.144. The topological polar surface area (TPSA) is 53.1 Å². The van der Waals surface area contributed by atoms with Crippen LogP contribution in [-0.2, 0) is 16.0 Å². The van der Waals surface area contributed by atoms with Gasteiger partial charge in [-0.05, 0) is 75.3 Å². The van der Waals surface area contributed by atoms with Crippen molar-refractivity contribution in [3.8, 4) is 0 Å². The molecule has 3 aliphatic rings. The summed E-state index contributed by atoms with van der Waals surface area (Å²) in [5.41, 5.74) is -0.151. The summed E-state index contributed by atoms with van der Waals surface area (Å²) in [5, 5.41) is 0. The largest absolute Gasteiger partial charge is 0.439 e. The summed E-state index contributed by atoms with van der Waals surface area (Å²) in [4.78, 5) is 32.0. The van der Waals surface area contributed by atoms with Crippen LogP contribution in [0.5, 0.6) is 0 Å². The number of hydrogen-bond acceptors (Lipinski definition) is 4. The normalized spacial score (nSPS) is 24.6. The van der Waals surface area contributed by atoms with Crippen LogP contribution >= 0.6 is 0 Å². The number of rotatable bonds is 4. The fourth-order valence-electron chi connectivity index (χ4n) is 5.58. The van der Waals surface area contributed by atoms with Gasteiger partial charge < -0.3 is 14.5 Å². The third kappa shape index (κ3) is 4.27. The molecule has 0 N–H and O–H groups in total. The van der Waals surface area contributed by atoms with E-state index >= 15 is 0 Å². The van der Waals surface area contributed by atoms with Crippen molar-refractivity contribution < 1.29 is 23.1 Å². The zero-order valence-corrected chi connectivity index (χ0v) is 19.3. The first-order chi connectivity index (χ1) is 16.3. The highest BCUT2D eigenvalue weighted by Gasteiger charge is 2.53. The molecule has 3 heterocycles. The predicted octanol–water partition coefficient (Wildman–Crippen LogP) is 3.85. The highest BCUT2D eigenvalue weighted by atomic mass is 19.1. The SMILES string of the molecule is CN1CCC(Cc2cccc(F)c2)(C(=O)N2CC[C@@]3(C2)CN(c2cccc(F)c2)C(=O)O3)CC1. The van der Waals surface area contributed by atoms with E-state index in [0.29, 0.717) is 44.5 Å². The van der Waals surface area contributed by atoms with Crippen molar-refractivity contribution in [1.29, 1.82) is 0 Å². The average molecular weight is 470 g/mol. The van der Waals surface area contributed by atoms with E-state index in [1.807, 2.05) is 18.0 Å². The van der Waals surface area contributed by atoms with Crippen LogP contribution in [0.4, 0.5) is 19.3 Å². The minimum atomic E-state index is -0.801. The van der Waals surface area contributed by atoms with Gasteiger partial charge in [0.25, 0.3) is 0 Å². The van der Waals surface area contributed by atoms with Gasteiger partial charge in [0.2, 0.25) is 5.91 Å². The van der Waals surface area contributed by atoms with Gasteiger partial charge in [-0.3, -0.25) is 9.69 Å². The highest BCUT2D eigenvalue weighted by molar-refractivity contribution is 5.91. The zero-order valence-electron chi connectivity index (χ0n) is 19.3. The van der Waals surface area contributed by atoms with Crippen LogP contribution < -0.4 is 4.90 Å². The molecule has 2 aromatic rings. The third-order valence-electron chi connectivity index (χ3n) is 7.52. The Labute approximate surface area is 198 Å². The first-order valence-electron chi connectivity index (χ1n) is 11.8. The van der Waals surface area contributed by atoms with Crippen molar-refractivity contribution in [1.82, 2.24) is 9.80 Å². The molecule has 3 fully saturated rings. The first-order valence-corrected chi connectivity index (χ1v) is 11.8. The van der Waals surface area contributed by atoms with Crippen LogP contribution in [0.2, 0.25) is 0 Å². The minimum Gasteiger partial charge on any atom is -0.439 e. The van der Waals surface area contributed by atoms with Gasteiger partial charge >= 0.3 is 6.09 Å². The molecule has 0 saturated carbocycles. The number of carbonyl (C=O) groups is 2. The monoisotopic (exact) mass is 469 g/mol. The second kappa shape index (κ2) is 8.65. The van der Waals surface area contributed by atoms with E-state index in [1.165, 1.54) is 29.2 Å². The second-order valence-electron chi connectivity index (χ2n) is 9.98. The van der Waals surface area contributed by atoms with Crippen molar-refractivity contribution in [3.63, 3.8) is 0 Å². The van der Waals surface area contributed by atoms with E-state index < -0.39 is 22.9 Å². The molecule has 6 nitrogen and oxygen atoms in total. The Morgan fingerprint density at radius 1 is 0.971 bits per heavy atom. The van der Waals surface area contributed by atoms with Crippen molar-refractivity contribution >= 4 is 17.7 Å². The Balaban J connectivity index is 1.35. The number of halogens is 2. The number of hydrogen-bond donors (Lipinski definition) is 0. The second-order valence-corrected chi connectivity index (χ2v) is 9.98. The number of likely N-dealkylation sites (tertiary alicyclic amines) is 2. The van der Waals surface area contributed by atoms with Gasteiger partial charge in [0, 0.05) is 13.0 Å². The summed E-state index contributed by atoms with van der Waals surface area (Å²) >= 11 is 0. The van der Waals surface area contributed by atoms with Crippen molar-refractivity contribution in [2.45, 2.75) is 31.3 Å². The van der Waals surface area contributed by atoms with Crippen LogP contribution in [-0.4, -0.2) is 67.2 Å². The van der Waals surface area contributed by atoms with Crippen molar-refractivity contribution in [3.05, 3.63) is 65.7 Å². The van der Waals surface area contributed by atoms with Gasteiger partial charge in [-0.1, -0.05) is 18.2 Å². The molecule has 3 aliphatic heterocycles. The van der Waals surface area contributed by atoms with Crippen molar-refractivity contribution in [2.75, 3.05) is 44.7 Å². The molecule has 0 aliphatic carbocycles. The van der Waals surface area contributed by atoms with E-state index in [0.717, 1.165) is 18.7 Å². The maximum atomic E-state index is 13.9. The molecule has 34 heavy (non-hydrogen) atoms. The van der Waals surface area contributed by atoms with Crippen LogP contribution in [0.15, 0.2) is 48.5 Å². The molecular formula is C26H29F2N3O3. The lowest BCUT2D eigenvalue weighted by atomic mass is 9.72. The molecule has 1 spiro atoms. The van der Waals surface area contributed by atoms with E-state index in [1.54, 1.807) is 18.2 Å². The Morgan fingerprint density at radius 2 is 1.68 bits per heavy atom. The van der Waals surface area contributed by atoms with Crippen molar-refractivity contribution in [2.24, 2.45) is 5.41 Å². The molecule has 1 atom stereocenters. The fourth-order valence-corrected chi connectivity index (χ4v) is 5.58. The smallest absolute Gasteiger partial charge is 0.415 e. The molecule has 8 heteroatoms. The highest BCUT2D eigenvalue weighted by Crippen LogP contribution is 2.41.